The molecule has 1 aromatic heterocycles. The summed E-state index contributed by atoms with van der Waals surface area (Å²) in [5.74, 6) is -1.07. The number of H-pyrrole nitrogens is 1. The van der Waals surface area contributed by atoms with E-state index < -0.39 is 24.0 Å². The van der Waals surface area contributed by atoms with Crippen molar-refractivity contribution in [3.8, 4) is 0 Å². The maximum atomic E-state index is 14.0. The minimum absolute atomic E-state index is 0.119. The lowest BCUT2D eigenvalue weighted by Crippen LogP contribution is -2.59. The summed E-state index contributed by atoms with van der Waals surface area (Å²) in [7, 11) is 1.60. The summed E-state index contributed by atoms with van der Waals surface area (Å²) in [6.07, 6.45) is 3.27. The maximum Gasteiger partial charge on any atom is 0.246 e. The SMILES string of the molecule is Cc1ccc2c(c1)Sc1ccccc1CN[C@@H](CCCN)C(=O)N[C@@H](CN)C(=O)N(C)[C@@H](Cc1c[nH]c3ccccc13)C(=O)NC2. The van der Waals surface area contributed by atoms with E-state index in [0.29, 0.717) is 25.9 Å². The van der Waals surface area contributed by atoms with Crippen LogP contribution in [0.5, 0.6) is 0 Å². The molecule has 46 heavy (non-hydrogen) atoms. The van der Waals surface area contributed by atoms with E-state index in [9.17, 15) is 14.4 Å². The number of likely N-dealkylation sites (N-methyl/N-ethyl adjacent to an activating group) is 1. The van der Waals surface area contributed by atoms with Crippen molar-refractivity contribution in [3.63, 3.8) is 0 Å². The number of nitrogens with two attached hydrogens (primary N) is 2. The minimum Gasteiger partial charge on any atom is -0.361 e. The first-order valence-electron chi connectivity index (χ1n) is 15.7. The molecule has 10 nitrogen and oxygen atoms in total. The van der Waals surface area contributed by atoms with E-state index in [2.05, 4.69) is 33.1 Å². The number of nitrogens with one attached hydrogen (secondary N) is 4. The number of nitrogens with zero attached hydrogens (tertiary/aromatic N) is 1. The third-order valence-corrected chi connectivity index (χ3v) is 9.69. The van der Waals surface area contributed by atoms with Gasteiger partial charge in [0.15, 0.2) is 0 Å². The van der Waals surface area contributed by atoms with Crippen molar-refractivity contribution in [1.82, 2.24) is 25.8 Å². The van der Waals surface area contributed by atoms with Gasteiger partial charge in [-0.2, -0.15) is 0 Å². The largest absolute Gasteiger partial charge is 0.361 e. The highest BCUT2D eigenvalue weighted by atomic mass is 32.2. The number of hydrogen-bond acceptors (Lipinski definition) is 7. The average Bonchev–Trinajstić information content (AvgIpc) is 3.48. The van der Waals surface area contributed by atoms with Crippen LogP contribution in [-0.2, 0) is 33.9 Å². The lowest BCUT2D eigenvalue weighted by molar-refractivity contribution is -0.141. The summed E-state index contributed by atoms with van der Waals surface area (Å²) in [5, 5.41) is 10.4. The Hall–Kier alpha value is -4.16. The lowest BCUT2D eigenvalue weighted by Gasteiger charge is -2.31. The smallest absolute Gasteiger partial charge is 0.246 e. The molecule has 5 rings (SSSR count). The zero-order valence-electron chi connectivity index (χ0n) is 26.3. The van der Waals surface area contributed by atoms with Crippen LogP contribution in [0.15, 0.2) is 82.7 Å². The van der Waals surface area contributed by atoms with E-state index in [4.69, 9.17) is 11.5 Å². The summed E-state index contributed by atoms with van der Waals surface area (Å²) in [6.45, 7) is 3.08. The number of aryl methyl sites for hydroxylation is 1. The topological polar surface area (TPSA) is 158 Å². The Morgan fingerprint density at radius 1 is 0.891 bits per heavy atom. The Bertz CT molecular complexity index is 1690. The highest BCUT2D eigenvalue weighted by Crippen LogP contribution is 2.34. The van der Waals surface area contributed by atoms with Gasteiger partial charge in [-0.25, -0.2) is 0 Å². The third kappa shape index (κ3) is 7.79. The molecule has 3 atom stereocenters. The normalized spacial score (nSPS) is 20.0. The van der Waals surface area contributed by atoms with Gasteiger partial charge in [0.05, 0.1) is 6.04 Å². The van der Waals surface area contributed by atoms with Gasteiger partial charge in [-0.1, -0.05) is 60.3 Å². The Kier molecular flexibility index (Phi) is 11.1. The first-order valence-corrected chi connectivity index (χ1v) is 16.5. The van der Waals surface area contributed by atoms with E-state index in [0.717, 1.165) is 42.9 Å². The quantitative estimate of drug-likeness (QED) is 0.189. The summed E-state index contributed by atoms with van der Waals surface area (Å²) in [4.78, 5) is 48.3. The van der Waals surface area contributed by atoms with Gasteiger partial charge in [0.2, 0.25) is 17.7 Å². The van der Waals surface area contributed by atoms with Crippen LogP contribution in [0.4, 0.5) is 0 Å². The van der Waals surface area contributed by atoms with Gasteiger partial charge in [0.25, 0.3) is 0 Å². The maximum absolute atomic E-state index is 14.0. The number of hydrogen-bond donors (Lipinski definition) is 6. The highest BCUT2D eigenvalue weighted by molar-refractivity contribution is 7.99. The molecule has 4 aromatic rings. The summed E-state index contributed by atoms with van der Waals surface area (Å²) >= 11 is 1.63. The molecule has 0 unspecified atom stereocenters. The summed E-state index contributed by atoms with van der Waals surface area (Å²) < 4.78 is 0. The molecule has 11 heteroatoms. The molecule has 0 saturated carbocycles. The third-order valence-electron chi connectivity index (χ3n) is 8.48. The Labute approximate surface area is 274 Å². The molecule has 0 fully saturated rings. The lowest BCUT2D eigenvalue weighted by atomic mass is 10.0. The van der Waals surface area contributed by atoms with E-state index in [1.165, 1.54) is 4.90 Å². The monoisotopic (exact) mass is 641 g/mol. The van der Waals surface area contributed by atoms with Crippen molar-refractivity contribution in [2.24, 2.45) is 11.5 Å². The molecule has 0 aliphatic carbocycles. The fourth-order valence-electron chi connectivity index (χ4n) is 5.76. The Morgan fingerprint density at radius 3 is 2.46 bits per heavy atom. The van der Waals surface area contributed by atoms with Gasteiger partial charge in [-0.05, 0) is 66.8 Å². The molecule has 3 aromatic carbocycles. The van der Waals surface area contributed by atoms with Crippen molar-refractivity contribution in [2.45, 2.75) is 67.2 Å². The first-order chi connectivity index (χ1) is 22.3. The van der Waals surface area contributed by atoms with Gasteiger partial charge >= 0.3 is 0 Å². The zero-order valence-corrected chi connectivity index (χ0v) is 27.2. The summed E-state index contributed by atoms with van der Waals surface area (Å²) in [5.41, 5.74) is 16.8. The van der Waals surface area contributed by atoms with E-state index >= 15 is 0 Å². The van der Waals surface area contributed by atoms with Crippen molar-refractivity contribution < 1.29 is 14.4 Å². The minimum atomic E-state index is -1.01. The molecule has 1 aliphatic heterocycles. The van der Waals surface area contributed by atoms with Gasteiger partial charge in [-0.3, -0.25) is 14.4 Å². The van der Waals surface area contributed by atoms with E-state index in [-0.39, 0.29) is 31.3 Å². The second-order valence-corrected chi connectivity index (χ2v) is 12.8. The zero-order chi connectivity index (χ0) is 32.6. The van der Waals surface area contributed by atoms with Gasteiger partial charge in [0.1, 0.15) is 12.1 Å². The van der Waals surface area contributed by atoms with Crippen LogP contribution in [0.3, 0.4) is 0 Å². The molecule has 0 saturated heterocycles. The second kappa shape index (κ2) is 15.4. The Morgan fingerprint density at radius 2 is 1.65 bits per heavy atom. The van der Waals surface area contributed by atoms with Crippen molar-refractivity contribution in [2.75, 3.05) is 20.1 Å². The molecular formula is C35H43N7O3S. The van der Waals surface area contributed by atoms with Crippen molar-refractivity contribution >= 4 is 40.4 Å². The number of carbonyl (C=O) groups excluding carboxylic acids is 3. The van der Waals surface area contributed by atoms with Crippen LogP contribution in [-0.4, -0.2) is 65.9 Å². The number of aromatic amines is 1. The van der Waals surface area contributed by atoms with Crippen LogP contribution in [0, 0.1) is 6.92 Å². The van der Waals surface area contributed by atoms with Gasteiger partial charge < -0.3 is 37.3 Å². The number of rotatable bonds is 6. The number of carbonyl (C=O) groups is 3. The van der Waals surface area contributed by atoms with Crippen LogP contribution in [0.25, 0.3) is 10.9 Å². The predicted octanol–water partition coefficient (Wildman–Crippen LogP) is 2.97. The molecule has 242 valence electrons. The number of benzene rings is 3. The number of para-hydroxylation sites is 1. The molecule has 0 bridgehead atoms. The molecule has 1 aliphatic rings. The van der Waals surface area contributed by atoms with E-state index in [1.807, 2.05) is 67.7 Å². The van der Waals surface area contributed by atoms with Crippen molar-refractivity contribution in [1.29, 1.82) is 0 Å². The highest BCUT2D eigenvalue weighted by Gasteiger charge is 2.33. The van der Waals surface area contributed by atoms with E-state index in [1.54, 1.807) is 18.8 Å². The molecule has 0 radical (unpaired) electrons. The fraction of sp³-hybridized carbons (Fsp3) is 0.343. The number of amides is 3. The molecular weight excluding hydrogens is 598 g/mol. The van der Waals surface area contributed by atoms with Gasteiger partial charge in [0, 0.05) is 60.0 Å². The van der Waals surface area contributed by atoms with Crippen molar-refractivity contribution in [3.05, 3.63) is 95.2 Å². The molecule has 3 amide bonds. The Balaban J connectivity index is 1.54. The number of fused-ring (bicyclic) bond motifs is 3. The standard InChI is InChI=1S/C35H43N7O3S/c1-22-13-14-24-20-40-34(44)30(17-25-21-38-27-10-5-4-9-26(25)27)42(2)35(45)29(18-37)41-33(43)28(11-7-15-36)39-19-23-8-3-6-12-31(23)46-32(24)16-22/h3-6,8-10,12-14,16,21,28-30,38-39H,7,11,15,17-20,36-37H2,1-2H3,(H,40,44)(H,41,43)/t28-,29-,30-/m0/s1. The molecule has 2 heterocycles. The van der Waals surface area contributed by atoms with Crippen LogP contribution in [0.2, 0.25) is 0 Å². The fourth-order valence-corrected chi connectivity index (χ4v) is 6.93. The summed E-state index contributed by atoms with van der Waals surface area (Å²) in [6, 6.07) is 19.6. The second-order valence-electron chi connectivity index (χ2n) is 11.7. The molecule has 0 spiro atoms. The number of aromatic nitrogens is 1. The molecule has 8 N–H and O–H groups in total. The van der Waals surface area contributed by atoms with Gasteiger partial charge in [-0.15, -0.1) is 0 Å². The predicted molar refractivity (Wildman–Crippen MR) is 182 cm³/mol. The van der Waals surface area contributed by atoms with Crippen LogP contribution >= 0.6 is 11.8 Å². The average molecular weight is 642 g/mol. The first kappa shape index (κ1) is 33.2. The van der Waals surface area contributed by atoms with Crippen LogP contribution < -0.4 is 27.4 Å². The van der Waals surface area contributed by atoms with Crippen LogP contribution in [0.1, 0.15) is 35.1 Å².